The molecule has 0 spiro atoms. The molecule has 0 radical (unpaired) electrons. The number of hydrazine groups is 1. The van der Waals surface area contributed by atoms with Gasteiger partial charge in [-0.15, -0.1) is 0 Å². The molecule has 0 bridgehead atoms. The fraction of sp³-hybridized carbons (Fsp3) is 0.600. The van der Waals surface area contributed by atoms with Crippen molar-refractivity contribution in [3.8, 4) is 0 Å². The second-order valence-corrected chi connectivity index (χ2v) is 3.30. The molecule has 3 N–H and O–H groups in total. The van der Waals surface area contributed by atoms with Crippen molar-refractivity contribution in [1.82, 2.24) is 5.43 Å². The predicted octanol–water partition coefficient (Wildman–Crippen LogP) is 1.89. The summed E-state index contributed by atoms with van der Waals surface area (Å²) >= 11 is 0. The molecule has 0 aromatic rings. The average molecular weight is 166 g/mol. The van der Waals surface area contributed by atoms with Crippen LogP contribution in [0.5, 0.6) is 0 Å². The number of hydrogen-bond donors (Lipinski definition) is 2. The molecule has 0 saturated heterocycles. The molecule has 1 unspecified atom stereocenters. The van der Waals surface area contributed by atoms with E-state index in [9.17, 15) is 0 Å². The Morgan fingerprint density at radius 1 is 1.50 bits per heavy atom. The van der Waals surface area contributed by atoms with E-state index in [1.807, 2.05) is 0 Å². The highest BCUT2D eigenvalue weighted by Gasteiger charge is 2.05. The zero-order valence-corrected chi connectivity index (χ0v) is 7.72. The second-order valence-electron chi connectivity index (χ2n) is 3.30. The Kier molecular flexibility index (Phi) is 4.05. The molecular formula is C10H18N2. The van der Waals surface area contributed by atoms with Crippen LogP contribution in [-0.2, 0) is 0 Å². The summed E-state index contributed by atoms with van der Waals surface area (Å²) in [6.07, 6.45) is 11.5. The second kappa shape index (κ2) is 5.12. The lowest BCUT2D eigenvalue weighted by Gasteiger charge is -2.15. The van der Waals surface area contributed by atoms with Gasteiger partial charge in [0.2, 0.25) is 0 Å². The van der Waals surface area contributed by atoms with Crippen LogP contribution in [-0.4, -0.2) is 6.04 Å². The molecule has 2 nitrogen and oxygen atoms in total. The highest BCUT2D eigenvalue weighted by Crippen LogP contribution is 2.15. The summed E-state index contributed by atoms with van der Waals surface area (Å²) in [5.74, 6) is 5.38. The molecule has 0 fully saturated rings. The van der Waals surface area contributed by atoms with Crippen molar-refractivity contribution in [2.24, 2.45) is 5.84 Å². The van der Waals surface area contributed by atoms with Crippen molar-refractivity contribution < 1.29 is 0 Å². The molecule has 12 heavy (non-hydrogen) atoms. The maximum absolute atomic E-state index is 5.38. The number of allylic oxidation sites excluding steroid dienone is 3. The summed E-state index contributed by atoms with van der Waals surface area (Å²) in [6.45, 7) is 2.10. The highest BCUT2D eigenvalue weighted by atomic mass is 15.2. The minimum Gasteiger partial charge on any atom is -0.271 e. The predicted molar refractivity (Wildman–Crippen MR) is 52.5 cm³/mol. The van der Waals surface area contributed by atoms with E-state index in [-0.39, 0.29) is 0 Å². The van der Waals surface area contributed by atoms with Gasteiger partial charge in [0.05, 0.1) is 0 Å². The first kappa shape index (κ1) is 9.49. The van der Waals surface area contributed by atoms with Crippen LogP contribution >= 0.6 is 0 Å². The maximum atomic E-state index is 5.38. The summed E-state index contributed by atoms with van der Waals surface area (Å²) in [5, 5.41) is 0. The van der Waals surface area contributed by atoms with Gasteiger partial charge in [-0.2, -0.15) is 0 Å². The Morgan fingerprint density at radius 3 is 3.08 bits per heavy atom. The van der Waals surface area contributed by atoms with E-state index in [1.165, 1.54) is 31.3 Å². The van der Waals surface area contributed by atoms with Gasteiger partial charge in [0.1, 0.15) is 0 Å². The summed E-state index contributed by atoms with van der Waals surface area (Å²) in [6, 6.07) is 0.313. The van der Waals surface area contributed by atoms with Crippen LogP contribution in [0.4, 0.5) is 0 Å². The van der Waals surface area contributed by atoms with E-state index in [1.54, 1.807) is 0 Å². The smallest absolute Gasteiger partial charge is 0.0394 e. The first-order valence-corrected chi connectivity index (χ1v) is 4.66. The monoisotopic (exact) mass is 166 g/mol. The maximum Gasteiger partial charge on any atom is 0.0394 e. The molecule has 0 aliphatic heterocycles. The SMILES string of the molecule is CC(NN)/C1=C\C=C/CCCC1. The van der Waals surface area contributed by atoms with Gasteiger partial charge in [0.25, 0.3) is 0 Å². The molecule has 1 rings (SSSR count). The Labute approximate surface area is 74.5 Å². The molecule has 0 saturated carbocycles. The van der Waals surface area contributed by atoms with Gasteiger partial charge in [0.15, 0.2) is 0 Å². The summed E-state index contributed by atoms with van der Waals surface area (Å²) in [5.41, 5.74) is 4.19. The molecule has 2 heteroatoms. The van der Waals surface area contributed by atoms with Crippen molar-refractivity contribution in [1.29, 1.82) is 0 Å². The quantitative estimate of drug-likeness (QED) is 0.485. The van der Waals surface area contributed by atoms with E-state index in [0.29, 0.717) is 6.04 Å². The fourth-order valence-electron chi connectivity index (χ4n) is 1.43. The lowest BCUT2D eigenvalue weighted by Crippen LogP contribution is -2.34. The fourth-order valence-corrected chi connectivity index (χ4v) is 1.43. The number of hydrogen-bond acceptors (Lipinski definition) is 2. The van der Waals surface area contributed by atoms with Crippen molar-refractivity contribution in [2.75, 3.05) is 0 Å². The van der Waals surface area contributed by atoms with Crippen LogP contribution in [0, 0.1) is 0 Å². The van der Waals surface area contributed by atoms with E-state index >= 15 is 0 Å². The van der Waals surface area contributed by atoms with E-state index in [4.69, 9.17) is 5.84 Å². The van der Waals surface area contributed by atoms with Gasteiger partial charge < -0.3 is 0 Å². The zero-order valence-electron chi connectivity index (χ0n) is 7.72. The van der Waals surface area contributed by atoms with Gasteiger partial charge in [-0.3, -0.25) is 11.3 Å². The van der Waals surface area contributed by atoms with E-state index in [2.05, 4.69) is 30.6 Å². The first-order valence-electron chi connectivity index (χ1n) is 4.66. The molecule has 0 aromatic carbocycles. The van der Waals surface area contributed by atoms with Crippen molar-refractivity contribution in [2.45, 2.75) is 38.6 Å². The lowest BCUT2D eigenvalue weighted by atomic mass is 9.99. The summed E-state index contributed by atoms with van der Waals surface area (Å²) in [4.78, 5) is 0. The van der Waals surface area contributed by atoms with Crippen LogP contribution < -0.4 is 11.3 Å². The van der Waals surface area contributed by atoms with Gasteiger partial charge in [-0.05, 0) is 32.6 Å². The van der Waals surface area contributed by atoms with Gasteiger partial charge in [-0.25, -0.2) is 0 Å². The van der Waals surface area contributed by atoms with Crippen molar-refractivity contribution in [3.05, 3.63) is 23.8 Å². The van der Waals surface area contributed by atoms with Gasteiger partial charge >= 0.3 is 0 Å². The molecule has 0 amide bonds. The van der Waals surface area contributed by atoms with Crippen LogP contribution in [0.25, 0.3) is 0 Å². The minimum atomic E-state index is 0.313. The lowest BCUT2D eigenvalue weighted by molar-refractivity contribution is 0.597. The molecular weight excluding hydrogens is 148 g/mol. The minimum absolute atomic E-state index is 0.313. The molecule has 1 aliphatic rings. The van der Waals surface area contributed by atoms with E-state index < -0.39 is 0 Å². The first-order chi connectivity index (χ1) is 5.84. The Hall–Kier alpha value is -0.600. The standard InChI is InChI=1S/C10H18N2/c1-9(12-11)10-7-5-3-2-4-6-8-10/h3,5,7,9,12H,2,4,6,8,11H2,1H3/b5-3-,10-7-. The van der Waals surface area contributed by atoms with Gasteiger partial charge in [-0.1, -0.05) is 23.8 Å². The summed E-state index contributed by atoms with van der Waals surface area (Å²) < 4.78 is 0. The molecule has 1 atom stereocenters. The van der Waals surface area contributed by atoms with E-state index in [0.717, 1.165) is 0 Å². The van der Waals surface area contributed by atoms with Gasteiger partial charge in [0, 0.05) is 6.04 Å². The molecule has 0 aromatic heterocycles. The number of rotatable bonds is 2. The summed E-state index contributed by atoms with van der Waals surface area (Å²) in [7, 11) is 0. The van der Waals surface area contributed by atoms with Crippen molar-refractivity contribution >= 4 is 0 Å². The third kappa shape index (κ3) is 2.80. The van der Waals surface area contributed by atoms with Crippen LogP contribution in [0.3, 0.4) is 0 Å². The third-order valence-electron chi connectivity index (χ3n) is 2.34. The Morgan fingerprint density at radius 2 is 2.33 bits per heavy atom. The largest absolute Gasteiger partial charge is 0.271 e. The molecule has 1 aliphatic carbocycles. The number of nitrogens with two attached hydrogens (primary N) is 1. The number of nitrogens with one attached hydrogen (secondary N) is 1. The average Bonchev–Trinajstić information content (AvgIpc) is 2.02. The zero-order chi connectivity index (χ0) is 8.81. The molecule has 0 heterocycles. The van der Waals surface area contributed by atoms with Crippen LogP contribution in [0.2, 0.25) is 0 Å². The third-order valence-corrected chi connectivity index (χ3v) is 2.34. The Balaban J connectivity index is 2.58. The Bertz CT molecular complexity index is 182. The van der Waals surface area contributed by atoms with Crippen LogP contribution in [0.15, 0.2) is 23.8 Å². The molecule has 68 valence electrons. The van der Waals surface area contributed by atoms with Crippen LogP contribution in [0.1, 0.15) is 32.6 Å². The van der Waals surface area contributed by atoms with Crippen molar-refractivity contribution in [3.63, 3.8) is 0 Å². The normalized spacial score (nSPS) is 28.0. The highest BCUT2D eigenvalue weighted by molar-refractivity contribution is 5.18. The topological polar surface area (TPSA) is 38.0 Å².